The Morgan fingerprint density at radius 2 is 0.387 bits per heavy atom. The third-order valence-corrected chi connectivity index (χ3v) is 12.8. The maximum absolute atomic E-state index is 2.36. The molecule has 0 aliphatic heterocycles. The Morgan fingerprint density at radius 1 is 0.145 bits per heavy atom. The Balaban J connectivity index is 0.964. The van der Waals surface area contributed by atoms with Crippen LogP contribution >= 0.6 is 0 Å². The fourth-order valence-electron chi connectivity index (χ4n) is 9.64. The molecule has 0 fully saturated rings. The van der Waals surface area contributed by atoms with Crippen molar-refractivity contribution < 1.29 is 0 Å². The molecule has 0 aliphatic carbocycles. The highest BCUT2D eigenvalue weighted by Gasteiger charge is 2.17. The van der Waals surface area contributed by atoms with Gasteiger partial charge in [0.1, 0.15) is 0 Å². The second kappa shape index (κ2) is 14.9. The van der Waals surface area contributed by atoms with Gasteiger partial charge >= 0.3 is 0 Å². The van der Waals surface area contributed by atoms with Crippen molar-refractivity contribution in [1.82, 2.24) is 0 Å². The molecule has 12 aromatic carbocycles. The molecule has 0 radical (unpaired) electrons. The summed E-state index contributed by atoms with van der Waals surface area (Å²) in [5.41, 5.74) is 14.6. The number of hydrogen-bond acceptors (Lipinski definition) is 0. The van der Waals surface area contributed by atoms with Crippen molar-refractivity contribution in [2.45, 2.75) is 0 Å². The van der Waals surface area contributed by atoms with Crippen LogP contribution in [-0.4, -0.2) is 0 Å². The smallest absolute Gasteiger partial charge is 0.00264 e. The highest BCUT2D eigenvalue weighted by Crippen LogP contribution is 2.45. The van der Waals surface area contributed by atoms with Gasteiger partial charge in [-0.25, -0.2) is 0 Å². The van der Waals surface area contributed by atoms with Crippen molar-refractivity contribution in [3.63, 3.8) is 0 Å². The Morgan fingerprint density at radius 3 is 0.742 bits per heavy atom. The molecule has 0 atom stereocenters. The van der Waals surface area contributed by atoms with E-state index >= 15 is 0 Å². The lowest BCUT2D eigenvalue weighted by Crippen LogP contribution is -1.91. The molecular formula is C62H40. The van der Waals surface area contributed by atoms with Crippen molar-refractivity contribution >= 4 is 53.9 Å². The minimum Gasteiger partial charge on any atom is -0.0616 e. The first-order valence-electron chi connectivity index (χ1n) is 21.5. The first kappa shape index (κ1) is 35.8. The maximum atomic E-state index is 2.36. The molecule has 0 saturated carbocycles. The predicted molar refractivity (Wildman–Crippen MR) is 267 cm³/mol. The van der Waals surface area contributed by atoms with Crippen LogP contribution in [0.1, 0.15) is 0 Å². The predicted octanol–water partition coefficient (Wildman–Crippen LogP) is 17.5. The van der Waals surface area contributed by atoms with Gasteiger partial charge in [-0.3, -0.25) is 0 Å². The fraction of sp³-hybridized carbons (Fsp3) is 0. The van der Waals surface area contributed by atoms with Crippen LogP contribution in [0.15, 0.2) is 243 Å². The molecular weight excluding hydrogens is 745 g/mol. The summed E-state index contributed by atoms with van der Waals surface area (Å²) in [7, 11) is 0. The van der Waals surface area contributed by atoms with E-state index in [-0.39, 0.29) is 0 Å². The van der Waals surface area contributed by atoms with Gasteiger partial charge in [0.25, 0.3) is 0 Å². The zero-order valence-electron chi connectivity index (χ0n) is 34.1. The van der Waals surface area contributed by atoms with Gasteiger partial charge in [-0.2, -0.15) is 0 Å². The molecule has 0 N–H and O–H groups in total. The van der Waals surface area contributed by atoms with Crippen molar-refractivity contribution in [2.75, 3.05) is 0 Å². The SMILES string of the molecule is c1ccc2cc(-c3ccc(-c4c5ccccc5c(-c5ccc(-c6cc(-c7ccc8ccccc8c7)cc(-c7ccc8ccccc8c7)c6)cc5)c5ccccc45)cc3)ccc2c1. The van der Waals surface area contributed by atoms with E-state index in [0.29, 0.717) is 0 Å². The second-order valence-corrected chi connectivity index (χ2v) is 16.5. The van der Waals surface area contributed by atoms with Crippen molar-refractivity contribution in [3.8, 4) is 66.8 Å². The Kier molecular flexibility index (Phi) is 8.61. The van der Waals surface area contributed by atoms with Gasteiger partial charge in [-0.15, -0.1) is 0 Å². The van der Waals surface area contributed by atoms with Crippen LogP contribution in [0, 0.1) is 0 Å². The summed E-state index contributed by atoms with van der Waals surface area (Å²) >= 11 is 0. The molecule has 0 spiro atoms. The van der Waals surface area contributed by atoms with E-state index in [1.807, 2.05) is 0 Å². The molecule has 0 unspecified atom stereocenters. The van der Waals surface area contributed by atoms with E-state index in [4.69, 9.17) is 0 Å². The Hall–Kier alpha value is -8.06. The van der Waals surface area contributed by atoms with E-state index < -0.39 is 0 Å². The topological polar surface area (TPSA) is 0 Å². The molecule has 0 heterocycles. The molecule has 0 aromatic heterocycles. The molecule has 0 bridgehead atoms. The normalized spacial score (nSPS) is 11.5. The molecule has 62 heavy (non-hydrogen) atoms. The van der Waals surface area contributed by atoms with E-state index in [0.717, 1.165) is 0 Å². The third kappa shape index (κ3) is 6.33. The van der Waals surface area contributed by atoms with Gasteiger partial charge in [-0.05, 0) is 157 Å². The first-order chi connectivity index (χ1) is 30.7. The van der Waals surface area contributed by atoms with Gasteiger partial charge in [0.15, 0.2) is 0 Å². The van der Waals surface area contributed by atoms with Crippen LogP contribution in [0.4, 0.5) is 0 Å². The van der Waals surface area contributed by atoms with Crippen molar-refractivity contribution in [1.29, 1.82) is 0 Å². The molecule has 0 aliphatic rings. The Labute approximate surface area is 361 Å². The summed E-state index contributed by atoms with van der Waals surface area (Å²) in [6.07, 6.45) is 0. The molecule has 0 heteroatoms. The van der Waals surface area contributed by atoms with Crippen LogP contribution in [-0.2, 0) is 0 Å². The number of fused-ring (bicyclic) bond motifs is 5. The molecule has 0 amide bonds. The number of hydrogen-bond donors (Lipinski definition) is 0. The van der Waals surface area contributed by atoms with Gasteiger partial charge < -0.3 is 0 Å². The van der Waals surface area contributed by atoms with Crippen LogP contribution in [0.2, 0.25) is 0 Å². The average molecular weight is 785 g/mol. The number of benzene rings is 12. The summed E-state index contributed by atoms with van der Waals surface area (Å²) in [4.78, 5) is 0. The number of rotatable bonds is 6. The zero-order valence-corrected chi connectivity index (χ0v) is 34.1. The van der Waals surface area contributed by atoms with E-state index in [1.165, 1.54) is 121 Å². The summed E-state index contributed by atoms with van der Waals surface area (Å²) in [6, 6.07) is 89.5. The highest BCUT2D eigenvalue weighted by molar-refractivity contribution is 6.21. The molecule has 12 aromatic rings. The van der Waals surface area contributed by atoms with E-state index in [2.05, 4.69) is 243 Å². The standard InChI is InChI=1S/C62H40/c1-4-14-48-35-51(32-25-41(48)11-1)44-21-28-46(29-22-44)61-57-17-7-9-19-59(57)62(60-20-10-8-18-58(60)61)47-30-23-45(24-31-47)54-38-55(52-33-26-42-12-2-5-15-49(42)36-52)40-56(39-54)53-34-27-43-13-3-6-16-50(43)37-53/h1-40H. The van der Waals surface area contributed by atoms with Gasteiger partial charge in [0.05, 0.1) is 0 Å². The first-order valence-corrected chi connectivity index (χ1v) is 21.5. The minimum atomic E-state index is 1.19. The lowest BCUT2D eigenvalue weighted by atomic mass is 9.85. The van der Waals surface area contributed by atoms with Crippen LogP contribution in [0.3, 0.4) is 0 Å². The van der Waals surface area contributed by atoms with Crippen LogP contribution in [0.5, 0.6) is 0 Å². The summed E-state index contributed by atoms with van der Waals surface area (Å²) in [5.74, 6) is 0. The lowest BCUT2D eigenvalue weighted by molar-refractivity contribution is 1.58. The van der Waals surface area contributed by atoms with Gasteiger partial charge in [-0.1, -0.05) is 206 Å². The molecule has 288 valence electrons. The minimum absolute atomic E-state index is 1.19. The van der Waals surface area contributed by atoms with Crippen LogP contribution in [0.25, 0.3) is 121 Å². The molecule has 0 nitrogen and oxygen atoms in total. The van der Waals surface area contributed by atoms with Gasteiger partial charge in [0.2, 0.25) is 0 Å². The monoisotopic (exact) mass is 784 g/mol. The second-order valence-electron chi connectivity index (χ2n) is 16.5. The third-order valence-electron chi connectivity index (χ3n) is 12.8. The quantitative estimate of drug-likeness (QED) is 0.147. The average Bonchev–Trinajstić information content (AvgIpc) is 3.35. The van der Waals surface area contributed by atoms with E-state index in [1.54, 1.807) is 0 Å². The molecule has 0 saturated heterocycles. The van der Waals surface area contributed by atoms with Crippen molar-refractivity contribution in [3.05, 3.63) is 243 Å². The lowest BCUT2D eigenvalue weighted by Gasteiger charge is -2.18. The van der Waals surface area contributed by atoms with Crippen LogP contribution < -0.4 is 0 Å². The molecule has 12 rings (SSSR count). The highest BCUT2D eigenvalue weighted by atomic mass is 14.2. The van der Waals surface area contributed by atoms with Crippen molar-refractivity contribution in [2.24, 2.45) is 0 Å². The van der Waals surface area contributed by atoms with E-state index in [9.17, 15) is 0 Å². The summed E-state index contributed by atoms with van der Waals surface area (Å²) in [5, 5.41) is 12.5. The largest absolute Gasteiger partial charge is 0.0616 e. The maximum Gasteiger partial charge on any atom is -0.00264 e. The summed E-state index contributed by atoms with van der Waals surface area (Å²) < 4.78 is 0. The van der Waals surface area contributed by atoms with Gasteiger partial charge in [0, 0.05) is 0 Å². The zero-order chi connectivity index (χ0) is 41.0. The fourth-order valence-corrected chi connectivity index (χ4v) is 9.64. The summed E-state index contributed by atoms with van der Waals surface area (Å²) in [6.45, 7) is 0. The Bertz CT molecular complexity index is 3510.